The first kappa shape index (κ1) is 16.3. The van der Waals surface area contributed by atoms with Gasteiger partial charge in [0.1, 0.15) is 4.99 Å². The second kappa shape index (κ2) is 7.38. The Hall–Kier alpha value is -3.17. The molecule has 2 N–H and O–H groups in total. The Morgan fingerprint density at radius 1 is 0.654 bits per heavy atom. The first-order chi connectivity index (χ1) is 12.8. The Morgan fingerprint density at radius 2 is 1.19 bits per heavy atom. The molecule has 0 aliphatic carbocycles. The average Bonchev–Trinajstić information content (AvgIpc) is 2.68. The van der Waals surface area contributed by atoms with Gasteiger partial charge in [0.2, 0.25) is 0 Å². The second-order valence-corrected chi connectivity index (χ2v) is 6.46. The van der Waals surface area contributed by atoms with Crippen LogP contribution in [-0.2, 0) is 0 Å². The summed E-state index contributed by atoms with van der Waals surface area (Å²) in [6, 6.07) is 29.0. The zero-order valence-electron chi connectivity index (χ0n) is 14.1. The standard InChI is InChI=1S/C23H18N2S/c26-23(25-22-14-6-10-18-8-2-4-12-20(18)22)15-16-24-21-13-5-9-17-7-1-3-11-19(17)21/h1-16,24H,(H,25,26)/b16-15-. The second-order valence-electron chi connectivity index (χ2n) is 6.02. The summed E-state index contributed by atoms with van der Waals surface area (Å²) in [5.74, 6) is 0. The third-order valence-corrected chi connectivity index (χ3v) is 4.55. The average molecular weight is 354 g/mol. The summed E-state index contributed by atoms with van der Waals surface area (Å²) < 4.78 is 0. The van der Waals surface area contributed by atoms with Crippen molar-refractivity contribution in [1.82, 2.24) is 0 Å². The van der Waals surface area contributed by atoms with Gasteiger partial charge in [0.15, 0.2) is 0 Å². The van der Waals surface area contributed by atoms with Crippen molar-refractivity contribution >= 4 is 50.1 Å². The van der Waals surface area contributed by atoms with Crippen LogP contribution in [0.15, 0.2) is 97.2 Å². The molecule has 0 heterocycles. The van der Waals surface area contributed by atoms with E-state index in [0.29, 0.717) is 4.99 Å². The molecule has 0 amide bonds. The van der Waals surface area contributed by atoms with Crippen molar-refractivity contribution in [3.05, 3.63) is 97.2 Å². The number of benzene rings is 4. The van der Waals surface area contributed by atoms with Crippen molar-refractivity contribution in [3.8, 4) is 0 Å². The van der Waals surface area contributed by atoms with E-state index in [9.17, 15) is 0 Å². The minimum Gasteiger partial charge on any atom is -0.361 e. The predicted molar refractivity (Wildman–Crippen MR) is 117 cm³/mol. The lowest BCUT2D eigenvalue weighted by Gasteiger charge is -2.09. The van der Waals surface area contributed by atoms with E-state index in [1.165, 1.54) is 16.2 Å². The minimum absolute atomic E-state index is 0.661. The smallest absolute Gasteiger partial charge is 0.105 e. The summed E-state index contributed by atoms with van der Waals surface area (Å²) in [5.41, 5.74) is 2.08. The predicted octanol–water partition coefficient (Wildman–Crippen LogP) is 6.36. The van der Waals surface area contributed by atoms with Crippen LogP contribution in [0.1, 0.15) is 0 Å². The third kappa shape index (κ3) is 3.44. The van der Waals surface area contributed by atoms with E-state index in [1.54, 1.807) is 0 Å². The molecule has 0 aliphatic rings. The summed E-state index contributed by atoms with van der Waals surface area (Å²) in [4.78, 5) is 0.661. The molecule has 0 fully saturated rings. The maximum absolute atomic E-state index is 5.47. The molecule has 3 heteroatoms. The van der Waals surface area contributed by atoms with Crippen LogP contribution >= 0.6 is 12.2 Å². The number of anilines is 2. The maximum atomic E-state index is 5.47. The lowest BCUT2D eigenvalue weighted by molar-refractivity contribution is 1.62. The first-order valence-electron chi connectivity index (χ1n) is 8.51. The lowest BCUT2D eigenvalue weighted by Crippen LogP contribution is -2.06. The van der Waals surface area contributed by atoms with Crippen molar-refractivity contribution in [2.24, 2.45) is 0 Å². The van der Waals surface area contributed by atoms with Gasteiger partial charge >= 0.3 is 0 Å². The Bertz CT molecular complexity index is 1100. The van der Waals surface area contributed by atoms with Crippen LogP contribution < -0.4 is 10.6 Å². The number of thiocarbonyl (C=S) groups is 1. The molecule has 4 aromatic rings. The van der Waals surface area contributed by atoms with Gasteiger partial charge in [0.05, 0.1) is 0 Å². The molecule has 126 valence electrons. The topological polar surface area (TPSA) is 24.1 Å². The highest BCUT2D eigenvalue weighted by Crippen LogP contribution is 2.24. The fraction of sp³-hybridized carbons (Fsp3) is 0. The van der Waals surface area contributed by atoms with Crippen LogP contribution in [0.5, 0.6) is 0 Å². The van der Waals surface area contributed by atoms with Crippen LogP contribution in [0.3, 0.4) is 0 Å². The van der Waals surface area contributed by atoms with Crippen LogP contribution in [0.4, 0.5) is 11.4 Å². The Kier molecular flexibility index (Phi) is 4.63. The van der Waals surface area contributed by atoms with Crippen molar-refractivity contribution in [3.63, 3.8) is 0 Å². The summed E-state index contributed by atoms with van der Waals surface area (Å²) in [5, 5.41) is 11.4. The number of hydrogen-bond donors (Lipinski definition) is 2. The number of hydrogen-bond acceptors (Lipinski definition) is 2. The summed E-state index contributed by atoms with van der Waals surface area (Å²) >= 11 is 5.47. The fourth-order valence-corrected chi connectivity index (χ4v) is 3.25. The zero-order chi connectivity index (χ0) is 17.8. The van der Waals surface area contributed by atoms with E-state index in [0.717, 1.165) is 16.8 Å². The molecule has 4 aromatic carbocycles. The van der Waals surface area contributed by atoms with E-state index in [2.05, 4.69) is 53.1 Å². The van der Waals surface area contributed by atoms with Gasteiger partial charge in [0.25, 0.3) is 0 Å². The normalized spacial score (nSPS) is 11.1. The number of nitrogens with one attached hydrogen (secondary N) is 2. The van der Waals surface area contributed by atoms with Gasteiger partial charge in [-0.1, -0.05) is 85.0 Å². The maximum Gasteiger partial charge on any atom is 0.105 e. The quantitative estimate of drug-likeness (QED) is 0.329. The van der Waals surface area contributed by atoms with Gasteiger partial charge in [-0.3, -0.25) is 0 Å². The van der Waals surface area contributed by atoms with Gasteiger partial charge in [0, 0.05) is 28.3 Å². The molecule has 0 bridgehead atoms. The highest BCUT2D eigenvalue weighted by Gasteiger charge is 2.01. The molecule has 4 rings (SSSR count). The van der Waals surface area contributed by atoms with Crippen LogP contribution in [-0.4, -0.2) is 4.99 Å². The molecule has 0 aliphatic heterocycles. The molecule has 0 saturated heterocycles. The summed E-state index contributed by atoms with van der Waals surface area (Å²) in [6.07, 6.45) is 3.75. The summed E-state index contributed by atoms with van der Waals surface area (Å²) in [6.45, 7) is 0. The molecule has 0 saturated carbocycles. The van der Waals surface area contributed by atoms with Crippen LogP contribution in [0, 0.1) is 0 Å². The van der Waals surface area contributed by atoms with Gasteiger partial charge in [-0.2, -0.15) is 0 Å². The van der Waals surface area contributed by atoms with Gasteiger partial charge in [-0.25, -0.2) is 0 Å². The van der Waals surface area contributed by atoms with E-state index >= 15 is 0 Å². The lowest BCUT2D eigenvalue weighted by atomic mass is 10.1. The molecular weight excluding hydrogens is 336 g/mol. The minimum atomic E-state index is 0.661. The largest absolute Gasteiger partial charge is 0.361 e. The van der Waals surface area contributed by atoms with Gasteiger partial charge in [-0.05, 0) is 29.0 Å². The first-order valence-corrected chi connectivity index (χ1v) is 8.92. The summed E-state index contributed by atoms with van der Waals surface area (Å²) in [7, 11) is 0. The molecule has 0 radical (unpaired) electrons. The Balaban J connectivity index is 1.49. The van der Waals surface area contributed by atoms with Crippen molar-refractivity contribution in [2.75, 3.05) is 10.6 Å². The van der Waals surface area contributed by atoms with E-state index in [1.807, 2.05) is 54.7 Å². The molecule has 0 unspecified atom stereocenters. The zero-order valence-corrected chi connectivity index (χ0v) is 15.0. The van der Waals surface area contributed by atoms with Crippen molar-refractivity contribution in [2.45, 2.75) is 0 Å². The Morgan fingerprint density at radius 3 is 1.88 bits per heavy atom. The molecule has 26 heavy (non-hydrogen) atoms. The SMILES string of the molecule is S=C(/C=C\Nc1cccc2ccccc12)Nc1cccc2ccccc12. The molecular formula is C23H18N2S. The van der Waals surface area contributed by atoms with E-state index in [4.69, 9.17) is 12.2 Å². The number of rotatable bonds is 4. The molecule has 0 aromatic heterocycles. The molecule has 0 atom stereocenters. The monoisotopic (exact) mass is 354 g/mol. The van der Waals surface area contributed by atoms with E-state index in [-0.39, 0.29) is 0 Å². The third-order valence-electron chi connectivity index (χ3n) is 4.31. The molecule has 2 nitrogen and oxygen atoms in total. The van der Waals surface area contributed by atoms with Gasteiger partial charge in [-0.15, -0.1) is 0 Å². The molecule has 0 spiro atoms. The van der Waals surface area contributed by atoms with E-state index < -0.39 is 0 Å². The highest BCUT2D eigenvalue weighted by atomic mass is 32.1. The van der Waals surface area contributed by atoms with Crippen molar-refractivity contribution < 1.29 is 0 Å². The Labute approximate surface area is 158 Å². The highest BCUT2D eigenvalue weighted by molar-refractivity contribution is 7.81. The van der Waals surface area contributed by atoms with Crippen LogP contribution in [0.25, 0.3) is 21.5 Å². The van der Waals surface area contributed by atoms with Crippen molar-refractivity contribution in [1.29, 1.82) is 0 Å². The van der Waals surface area contributed by atoms with Crippen LogP contribution in [0.2, 0.25) is 0 Å². The fourth-order valence-electron chi connectivity index (χ4n) is 3.07. The van der Waals surface area contributed by atoms with Gasteiger partial charge < -0.3 is 10.6 Å². The number of fused-ring (bicyclic) bond motifs is 2.